The predicted octanol–water partition coefficient (Wildman–Crippen LogP) is 2.23. The number of methoxy groups -OCH3 is 1. The summed E-state index contributed by atoms with van der Waals surface area (Å²) in [6, 6.07) is 0. The highest BCUT2D eigenvalue weighted by atomic mass is 16.5. The molecule has 1 aliphatic heterocycles. The summed E-state index contributed by atoms with van der Waals surface area (Å²) in [5.74, 6) is 0.773. The summed E-state index contributed by atoms with van der Waals surface area (Å²) >= 11 is 0. The second-order valence-corrected chi connectivity index (χ2v) is 4.01. The van der Waals surface area contributed by atoms with Crippen LogP contribution in [-0.4, -0.2) is 25.9 Å². The zero-order valence-electron chi connectivity index (χ0n) is 8.43. The zero-order chi connectivity index (χ0) is 9.03. The molecule has 12 heavy (non-hydrogen) atoms. The van der Waals surface area contributed by atoms with Gasteiger partial charge in [-0.05, 0) is 25.7 Å². The smallest absolute Gasteiger partial charge is 0.0887 e. The molecular formula is C10H20O2. The summed E-state index contributed by atoms with van der Waals surface area (Å²) in [5.41, 5.74) is -0.0135. The molecule has 0 bridgehead atoms. The molecule has 0 N–H and O–H groups in total. The molecular weight excluding hydrogens is 152 g/mol. The van der Waals surface area contributed by atoms with Crippen LogP contribution in [0.1, 0.15) is 33.1 Å². The van der Waals surface area contributed by atoms with Crippen LogP contribution in [0, 0.1) is 5.92 Å². The SMILES string of the molecule is CC[C@H]1CC[C@](C)(COC)OC1. The number of ether oxygens (including phenoxy) is 2. The van der Waals surface area contributed by atoms with Crippen molar-refractivity contribution < 1.29 is 9.47 Å². The van der Waals surface area contributed by atoms with Gasteiger partial charge in [0, 0.05) is 7.11 Å². The Hall–Kier alpha value is -0.0800. The lowest BCUT2D eigenvalue weighted by Crippen LogP contribution is -2.40. The quantitative estimate of drug-likeness (QED) is 0.650. The Labute approximate surface area is 75.2 Å². The molecule has 1 fully saturated rings. The lowest BCUT2D eigenvalue weighted by atomic mass is 9.89. The highest BCUT2D eigenvalue weighted by Gasteiger charge is 2.31. The molecule has 1 rings (SSSR count). The van der Waals surface area contributed by atoms with E-state index in [2.05, 4.69) is 13.8 Å². The molecule has 0 radical (unpaired) electrons. The summed E-state index contributed by atoms with van der Waals surface area (Å²) in [4.78, 5) is 0. The van der Waals surface area contributed by atoms with Gasteiger partial charge in [-0.25, -0.2) is 0 Å². The van der Waals surface area contributed by atoms with Crippen molar-refractivity contribution >= 4 is 0 Å². The van der Waals surface area contributed by atoms with Crippen molar-refractivity contribution in [3.63, 3.8) is 0 Å². The second kappa shape index (κ2) is 4.24. The van der Waals surface area contributed by atoms with E-state index in [1.807, 2.05) is 0 Å². The zero-order valence-corrected chi connectivity index (χ0v) is 8.43. The Balaban J connectivity index is 2.33. The van der Waals surface area contributed by atoms with Crippen LogP contribution in [0.3, 0.4) is 0 Å². The predicted molar refractivity (Wildman–Crippen MR) is 49.2 cm³/mol. The van der Waals surface area contributed by atoms with Crippen molar-refractivity contribution in [2.45, 2.75) is 38.7 Å². The van der Waals surface area contributed by atoms with E-state index in [4.69, 9.17) is 9.47 Å². The second-order valence-electron chi connectivity index (χ2n) is 4.01. The van der Waals surface area contributed by atoms with Gasteiger partial charge in [0.15, 0.2) is 0 Å². The number of rotatable bonds is 3. The van der Waals surface area contributed by atoms with Gasteiger partial charge in [0.2, 0.25) is 0 Å². The van der Waals surface area contributed by atoms with Crippen LogP contribution in [0.5, 0.6) is 0 Å². The Morgan fingerprint density at radius 3 is 2.75 bits per heavy atom. The first kappa shape index (κ1) is 10.0. The molecule has 0 spiro atoms. The van der Waals surface area contributed by atoms with E-state index < -0.39 is 0 Å². The molecule has 0 saturated carbocycles. The fourth-order valence-electron chi connectivity index (χ4n) is 1.73. The van der Waals surface area contributed by atoms with Crippen molar-refractivity contribution in [3.05, 3.63) is 0 Å². The molecule has 0 aliphatic carbocycles. The summed E-state index contributed by atoms with van der Waals surface area (Å²) in [6.45, 7) is 6.01. The van der Waals surface area contributed by atoms with Gasteiger partial charge in [-0.15, -0.1) is 0 Å². The van der Waals surface area contributed by atoms with Crippen LogP contribution < -0.4 is 0 Å². The number of hydrogen-bond acceptors (Lipinski definition) is 2. The average molecular weight is 172 g/mol. The van der Waals surface area contributed by atoms with Crippen molar-refractivity contribution in [2.75, 3.05) is 20.3 Å². The van der Waals surface area contributed by atoms with Crippen molar-refractivity contribution in [3.8, 4) is 0 Å². The largest absolute Gasteiger partial charge is 0.382 e. The van der Waals surface area contributed by atoms with Crippen LogP contribution in [-0.2, 0) is 9.47 Å². The minimum atomic E-state index is -0.0135. The van der Waals surface area contributed by atoms with E-state index in [0.717, 1.165) is 25.6 Å². The monoisotopic (exact) mass is 172 g/mol. The molecule has 1 aliphatic rings. The lowest BCUT2D eigenvalue weighted by Gasteiger charge is -2.36. The molecule has 0 aromatic rings. The Bertz CT molecular complexity index is 126. The van der Waals surface area contributed by atoms with E-state index in [1.165, 1.54) is 12.8 Å². The van der Waals surface area contributed by atoms with Crippen LogP contribution in [0.25, 0.3) is 0 Å². The summed E-state index contributed by atoms with van der Waals surface area (Å²) in [7, 11) is 1.74. The first-order chi connectivity index (χ1) is 5.70. The van der Waals surface area contributed by atoms with E-state index in [0.29, 0.717) is 0 Å². The van der Waals surface area contributed by atoms with E-state index in [9.17, 15) is 0 Å². The first-order valence-corrected chi connectivity index (χ1v) is 4.83. The molecule has 1 saturated heterocycles. The molecule has 2 heteroatoms. The van der Waals surface area contributed by atoms with Gasteiger partial charge >= 0.3 is 0 Å². The fourth-order valence-corrected chi connectivity index (χ4v) is 1.73. The van der Waals surface area contributed by atoms with Gasteiger partial charge in [-0.1, -0.05) is 13.3 Å². The third-order valence-corrected chi connectivity index (χ3v) is 2.78. The highest BCUT2D eigenvalue weighted by molar-refractivity contribution is 4.80. The molecule has 2 nitrogen and oxygen atoms in total. The van der Waals surface area contributed by atoms with Crippen LogP contribution in [0.2, 0.25) is 0 Å². The third kappa shape index (κ3) is 2.46. The molecule has 2 atom stereocenters. The standard InChI is InChI=1S/C10H20O2/c1-4-9-5-6-10(2,8-11-3)12-7-9/h9H,4-8H2,1-3H3/t9-,10+/m0/s1. The minimum Gasteiger partial charge on any atom is -0.382 e. The Morgan fingerprint density at radius 2 is 2.33 bits per heavy atom. The average Bonchev–Trinajstić information content (AvgIpc) is 2.06. The van der Waals surface area contributed by atoms with Crippen LogP contribution in [0.4, 0.5) is 0 Å². The molecule has 0 aromatic carbocycles. The maximum absolute atomic E-state index is 5.78. The number of hydrogen-bond donors (Lipinski definition) is 0. The molecule has 1 heterocycles. The van der Waals surface area contributed by atoms with E-state index >= 15 is 0 Å². The minimum absolute atomic E-state index is 0.0135. The van der Waals surface area contributed by atoms with Gasteiger partial charge < -0.3 is 9.47 Å². The van der Waals surface area contributed by atoms with Gasteiger partial charge in [-0.2, -0.15) is 0 Å². The maximum Gasteiger partial charge on any atom is 0.0887 e. The van der Waals surface area contributed by atoms with Crippen molar-refractivity contribution in [2.24, 2.45) is 5.92 Å². The van der Waals surface area contributed by atoms with Gasteiger partial charge in [0.1, 0.15) is 0 Å². The highest BCUT2D eigenvalue weighted by Crippen LogP contribution is 2.29. The fraction of sp³-hybridized carbons (Fsp3) is 1.00. The van der Waals surface area contributed by atoms with Crippen LogP contribution >= 0.6 is 0 Å². The van der Waals surface area contributed by atoms with Gasteiger partial charge in [0.25, 0.3) is 0 Å². The summed E-state index contributed by atoms with van der Waals surface area (Å²) < 4.78 is 10.9. The molecule has 72 valence electrons. The molecule has 0 unspecified atom stereocenters. The van der Waals surface area contributed by atoms with E-state index in [1.54, 1.807) is 7.11 Å². The van der Waals surface area contributed by atoms with Crippen LogP contribution in [0.15, 0.2) is 0 Å². The van der Waals surface area contributed by atoms with Crippen molar-refractivity contribution in [1.82, 2.24) is 0 Å². The van der Waals surface area contributed by atoms with E-state index in [-0.39, 0.29) is 5.60 Å². The molecule has 0 aromatic heterocycles. The Morgan fingerprint density at radius 1 is 1.58 bits per heavy atom. The van der Waals surface area contributed by atoms with Gasteiger partial charge in [0.05, 0.1) is 18.8 Å². The summed E-state index contributed by atoms with van der Waals surface area (Å²) in [6.07, 6.45) is 3.67. The summed E-state index contributed by atoms with van der Waals surface area (Å²) in [5, 5.41) is 0. The third-order valence-electron chi connectivity index (χ3n) is 2.78. The normalized spacial score (nSPS) is 36.8. The Kier molecular flexibility index (Phi) is 3.53. The molecule has 0 amide bonds. The maximum atomic E-state index is 5.78. The lowest BCUT2D eigenvalue weighted by molar-refractivity contribution is -0.121. The van der Waals surface area contributed by atoms with Gasteiger partial charge in [-0.3, -0.25) is 0 Å². The topological polar surface area (TPSA) is 18.5 Å². The van der Waals surface area contributed by atoms with Crippen molar-refractivity contribution in [1.29, 1.82) is 0 Å². The first-order valence-electron chi connectivity index (χ1n) is 4.83.